The normalized spacial score (nSPS) is 12.6. The molecule has 0 heterocycles. The van der Waals surface area contributed by atoms with Crippen molar-refractivity contribution in [1.29, 1.82) is 0 Å². The predicted octanol–water partition coefficient (Wildman–Crippen LogP) is 3.97. The van der Waals surface area contributed by atoms with E-state index in [4.69, 9.17) is 4.74 Å². The number of carbonyl (C=O) groups excluding carboxylic acids is 2. The van der Waals surface area contributed by atoms with Crippen LogP contribution in [0.1, 0.15) is 23.6 Å². The van der Waals surface area contributed by atoms with Gasteiger partial charge in [-0.05, 0) is 36.3 Å². The average Bonchev–Trinajstić information content (AvgIpc) is 2.64. The molecule has 0 aromatic heterocycles. The van der Waals surface area contributed by atoms with Crippen molar-refractivity contribution in [2.24, 2.45) is 0 Å². The second-order valence-electron chi connectivity index (χ2n) is 5.74. The molecule has 1 atom stereocenters. The Kier molecular flexibility index (Phi) is 6.76. The lowest BCUT2D eigenvalue weighted by molar-refractivity contribution is -0.150. The van der Waals surface area contributed by atoms with Crippen LogP contribution < -0.4 is 5.32 Å². The number of nitrogens with one attached hydrogen (secondary N) is 1. The first-order valence-corrected chi connectivity index (χ1v) is 8.13. The van der Waals surface area contributed by atoms with Crippen molar-refractivity contribution < 1.29 is 27.5 Å². The lowest BCUT2D eigenvalue weighted by atomic mass is 10.1. The second-order valence-corrected chi connectivity index (χ2v) is 5.74. The molecule has 1 amide bonds. The van der Waals surface area contributed by atoms with Gasteiger partial charge in [0.1, 0.15) is 0 Å². The third-order valence-electron chi connectivity index (χ3n) is 3.60. The number of hydrogen-bond donors (Lipinski definition) is 1. The first kappa shape index (κ1) is 20.2. The van der Waals surface area contributed by atoms with Gasteiger partial charge < -0.3 is 10.1 Å². The Hall–Kier alpha value is -3.09. The maximum absolute atomic E-state index is 12.7. The van der Waals surface area contributed by atoms with Crippen molar-refractivity contribution in [2.45, 2.75) is 25.7 Å². The third-order valence-corrected chi connectivity index (χ3v) is 3.60. The summed E-state index contributed by atoms with van der Waals surface area (Å²) in [6.07, 6.45) is -3.31. The lowest BCUT2D eigenvalue weighted by Crippen LogP contribution is -2.35. The fourth-order valence-electron chi connectivity index (χ4n) is 2.18. The topological polar surface area (TPSA) is 55.4 Å². The smallest absolute Gasteiger partial charge is 0.416 e. The maximum Gasteiger partial charge on any atom is 0.416 e. The standard InChI is InChI=1S/C20H18F3NO3/c1-14(19(26)24-13-16-6-3-2-4-7-16)27-18(25)11-10-15-8-5-9-17(12-15)20(21,22)23/h2-12,14H,13H2,1H3,(H,24,26)/b11-10+/t14-/m1/s1. The van der Waals surface area contributed by atoms with Crippen molar-refractivity contribution in [2.75, 3.05) is 0 Å². The van der Waals surface area contributed by atoms with E-state index >= 15 is 0 Å². The summed E-state index contributed by atoms with van der Waals surface area (Å²) in [7, 11) is 0. The van der Waals surface area contributed by atoms with E-state index in [0.29, 0.717) is 6.54 Å². The van der Waals surface area contributed by atoms with E-state index < -0.39 is 29.7 Å². The van der Waals surface area contributed by atoms with Gasteiger partial charge in [-0.3, -0.25) is 4.79 Å². The molecule has 0 fully saturated rings. The SMILES string of the molecule is C[C@@H](OC(=O)/C=C/c1cccc(C(F)(F)F)c1)C(=O)NCc1ccccc1. The van der Waals surface area contributed by atoms with Crippen molar-refractivity contribution >= 4 is 18.0 Å². The summed E-state index contributed by atoms with van der Waals surface area (Å²) in [5.41, 5.74) is 0.281. The minimum Gasteiger partial charge on any atom is -0.449 e. The monoisotopic (exact) mass is 377 g/mol. The zero-order valence-corrected chi connectivity index (χ0v) is 14.5. The highest BCUT2D eigenvalue weighted by atomic mass is 19.4. The van der Waals surface area contributed by atoms with E-state index in [1.54, 1.807) is 0 Å². The van der Waals surface area contributed by atoms with Crippen LogP contribution in [0.25, 0.3) is 6.08 Å². The molecule has 27 heavy (non-hydrogen) atoms. The van der Waals surface area contributed by atoms with E-state index in [2.05, 4.69) is 5.32 Å². The van der Waals surface area contributed by atoms with Crippen LogP contribution in [0.3, 0.4) is 0 Å². The Labute approximate surface area is 154 Å². The molecule has 7 heteroatoms. The molecular weight excluding hydrogens is 359 g/mol. The average molecular weight is 377 g/mol. The summed E-state index contributed by atoms with van der Waals surface area (Å²) in [6.45, 7) is 1.71. The quantitative estimate of drug-likeness (QED) is 0.612. The van der Waals surface area contributed by atoms with Gasteiger partial charge in [-0.15, -0.1) is 0 Å². The zero-order chi connectivity index (χ0) is 19.9. The van der Waals surface area contributed by atoms with Gasteiger partial charge in [-0.2, -0.15) is 13.2 Å². The van der Waals surface area contributed by atoms with Crippen LogP contribution in [0, 0.1) is 0 Å². The summed E-state index contributed by atoms with van der Waals surface area (Å²) < 4.78 is 42.9. The summed E-state index contributed by atoms with van der Waals surface area (Å²) in [5, 5.41) is 2.64. The Bertz CT molecular complexity index is 817. The summed E-state index contributed by atoms with van der Waals surface area (Å²) >= 11 is 0. The van der Waals surface area contributed by atoms with Gasteiger partial charge in [-0.25, -0.2) is 4.79 Å². The van der Waals surface area contributed by atoms with Gasteiger partial charge in [0.05, 0.1) is 5.56 Å². The van der Waals surface area contributed by atoms with Gasteiger partial charge in [0, 0.05) is 12.6 Å². The zero-order valence-electron chi connectivity index (χ0n) is 14.5. The molecule has 0 aliphatic carbocycles. The highest BCUT2D eigenvalue weighted by molar-refractivity contribution is 5.90. The number of benzene rings is 2. The Morgan fingerprint density at radius 2 is 1.81 bits per heavy atom. The molecule has 0 radical (unpaired) electrons. The van der Waals surface area contributed by atoms with Crippen LogP contribution in [-0.4, -0.2) is 18.0 Å². The number of halogens is 3. The first-order valence-electron chi connectivity index (χ1n) is 8.13. The number of hydrogen-bond acceptors (Lipinski definition) is 3. The molecule has 0 spiro atoms. The van der Waals surface area contributed by atoms with Crippen LogP contribution in [0.2, 0.25) is 0 Å². The van der Waals surface area contributed by atoms with E-state index in [1.165, 1.54) is 25.1 Å². The van der Waals surface area contributed by atoms with E-state index in [1.807, 2.05) is 30.3 Å². The van der Waals surface area contributed by atoms with Crippen LogP contribution >= 0.6 is 0 Å². The van der Waals surface area contributed by atoms with E-state index in [-0.39, 0.29) is 5.56 Å². The number of alkyl halides is 3. The molecule has 0 aliphatic heterocycles. The molecule has 2 aromatic rings. The Morgan fingerprint density at radius 3 is 2.48 bits per heavy atom. The van der Waals surface area contributed by atoms with Gasteiger partial charge >= 0.3 is 12.1 Å². The van der Waals surface area contributed by atoms with Gasteiger partial charge in [-0.1, -0.05) is 42.5 Å². The molecule has 2 rings (SSSR count). The first-order chi connectivity index (χ1) is 12.8. The van der Waals surface area contributed by atoms with Gasteiger partial charge in [0.2, 0.25) is 0 Å². The summed E-state index contributed by atoms with van der Waals surface area (Å²) in [5.74, 6) is -1.30. The second kappa shape index (κ2) is 9.02. The van der Waals surface area contributed by atoms with Crippen LogP contribution in [0.15, 0.2) is 60.7 Å². The van der Waals surface area contributed by atoms with Crippen molar-refractivity contribution in [3.8, 4) is 0 Å². The van der Waals surface area contributed by atoms with Crippen LogP contribution in [0.5, 0.6) is 0 Å². The van der Waals surface area contributed by atoms with Gasteiger partial charge in [0.15, 0.2) is 6.10 Å². The highest BCUT2D eigenvalue weighted by Crippen LogP contribution is 2.29. The molecule has 0 unspecified atom stereocenters. The molecule has 0 bridgehead atoms. The number of ether oxygens (including phenoxy) is 1. The fourth-order valence-corrected chi connectivity index (χ4v) is 2.18. The molecule has 2 aromatic carbocycles. The summed E-state index contributed by atoms with van der Waals surface area (Å²) in [6, 6.07) is 13.7. The van der Waals surface area contributed by atoms with E-state index in [0.717, 1.165) is 23.8 Å². The molecule has 1 N–H and O–H groups in total. The van der Waals surface area contributed by atoms with Crippen LogP contribution in [-0.2, 0) is 27.0 Å². The summed E-state index contributed by atoms with van der Waals surface area (Å²) in [4.78, 5) is 23.7. The number of rotatable bonds is 6. The number of esters is 1. The number of amides is 1. The lowest BCUT2D eigenvalue weighted by Gasteiger charge is -2.12. The van der Waals surface area contributed by atoms with Crippen molar-refractivity contribution in [1.82, 2.24) is 5.32 Å². The largest absolute Gasteiger partial charge is 0.449 e. The molecule has 142 valence electrons. The maximum atomic E-state index is 12.7. The fraction of sp³-hybridized carbons (Fsp3) is 0.200. The third kappa shape index (κ3) is 6.62. The Morgan fingerprint density at radius 1 is 1.11 bits per heavy atom. The minimum atomic E-state index is -4.46. The predicted molar refractivity (Wildman–Crippen MR) is 94.3 cm³/mol. The highest BCUT2D eigenvalue weighted by Gasteiger charge is 2.30. The van der Waals surface area contributed by atoms with Crippen molar-refractivity contribution in [3.63, 3.8) is 0 Å². The van der Waals surface area contributed by atoms with Crippen molar-refractivity contribution in [3.05, 3.63) is 77.4 Å². The molecule has 4 nitrogen and oxygen atoms in total. The van der Waals surface area contributed by atoms with Gasteiger partial charge in [0.25, 0.3) is 5.91 Å². The molecular formula is C20H18F3NO3. The Balaban J connectivity index is 1.87. The molecule has 0 saturated carbocycles. The van der Waals surface area contributed by atoms with E-state index in [9.17, 15) is 22.8 Å². The molecule has 0 saturated heterocycles. The number of carbonyl (C=O) groups is 2. The molecule has 0 aliphatic rings. The van der Waals surface area contributed by atoms with Crippen LogP contribution in [0.4, 0.5) is 13.2 Å². The minimum absolute atomic E-state index is 0.197.